The van der Waals surface area contributed by atoms with Gasteiger partial charge in [0.15, 0.2) is 5.82 Å². The molecule has 0 radical (unpaired) electrons. The molecule has 3 saturated heterocycles. The Morgan fingerprint density at radius 2 is 1.80 bits per heavy atom. The minimum Gasteiger partial charge on any atom is -0.461 e. The largest absolute Gasteiger partial charge is 0.461 e. The molecule has 160 valence electrons. The van der Waals surface area contributed by atoms with E-state index in [1.165, 1.54) is 0 Å². The summed E-state index contributed by atoms with van der Waals surface area (Å²) < 4.78 is 5.82. The molecule has 1 atom stereocenters. The number of cyclic esters (lactones) is 1. The average Bonchev–Trinajstić information content (AvgIpc) is 3.05. The molecule has 3 aliphatic heterocycles. The summed E-state index contributed by atoms with van der Waals surface area (Å²) in [4.78, 5) is 17.4. The average molecular weight is 411 g/mol. The minimum absolute atomic E-state index is 0.0240. The Labute approximate surface area is 177 Å². The molecule has 0 saturated carbocycles. The molecule has 4 heterocycles. The highest BCUT2D eigenvalue weighted by Crippen LogP contribution is 2.44. The van der Waals surface area contributed by atoms with Crippen LogP contribution in [0.25, 0.3) is 10.8 Å². The highest BCUT2D eigenvalue weighted by molar-refractivity contribution is 5.93. The lowest BCUT2D eigenvalue weighted by Gasteiger charge is -2.37. The molecule has 2 aromatic rings. The van der Waals surface area contributed by atoms with Gasteiger partial charge < -0.3 is 14.7 Å². The zero-order valence-electron chi connectivity index (χ0n) is 17.6. The van der Waals surface area contributed by atoms with Crippen LogP contribution in [0.5, 0.6) is 0 Å². The van der Waals surface area contributed by atoms with Gasteiger partial charge in [-0.25, -0.2) is 0 Å². The third kappa shape index (κ3) is 3.54. The number of nitrogens with zero attached hydrogens (tertiary/aromatic N) is 4. The maximum Gasteiger partial charge on any atom is 0.312 e. The number of fused-ring (bicyclic) bond motifs is 1. The van der Waals surface area contributed by atoms with Gasteiger partial charge in [0.25, 0.3) is 0 Å². The van der Waals surface area contributed by atoms with E-state index < -0.39 is 0 Å². The van der Waals surface area contributed by atoms with E-state index >= 15 is 0 Å². The minimum atomic E-state index is -0.357. The van der Waals surface area contributed by atoms with Gasteiger partial charge in [-0.3, -0.25) is 9.69 Å². The summed E-state index contributed by atoms with van der Waals surface area (Å²) in [6, 6.07) is 8.26. The highest BCUT2D eigenvalue weighted by Gasteiger charge is 2.50. The molecule has 1 N–H and O–H groups in total. The highest BCUT2D eigenvalue weighted by atomic mass is 16.6. The van der Waals surface area contributed by atoms with Crippen molar-refractivity contribution in [2.45, 2.75) is 51.2 Å². The zero-order chi connectivity index (χ0) is 20.7. The number of hydrogen-bond donors (Lipinski definition) is 1. The van der Waals surface area contributed by atoms with E-state index in [4.69, 9.17) is 4.74 Å². The number of anilines is 1. The van der Waals surface area contributed by atoms with Crippen LogP contribution in [-0.2, 0) is 9.53 Å². The van der Waals surface area contributed by atoms with Crippen LogP contribution in [0.3, 0.4) is 0 Å². The number of benzene rings is 1. The van der Waals surface area contributed by atoms with Gasteiger partial charge in [0.05, 0.1) is 17.2 Å². The first-order valence-corrected chi connectivity index (χ1v) is 11.1. The van der Waals surface area contributed by atoms with Gasteiger partial charge in [0.2, 0.25) is 0 Å². The molecule has 1 aromatic carbocycles. The Morgan fingerprint density at radius 1 is 1.10 bits per heavy atom. The molecular weight excluding hydrogens is 380 g/mol. The monoisotopic (exact) mass is 410 g/mol. The predicted octanol–water partition coefficient (Wildman–Crippen LogP) is 2.30. The number of likely N-dealkylation sites (tertiary alicyclic amines) is 1. The van der Waals surface area contributed by atoms with Gasteiger partial charge in [-0.1, -0.05) is 24.3 Å². The Balaban J connectivity index is 1.26. The summed E-state index contributed by atoms with van der Waals surface area (Å²) in [7, 11) is 0. The van der Waals surface area contributed by atoms with E-state index in [-0.39, 0.29) is 23.6 Å². The van der Waals surface area contributed by atoms with Crippen LogP contribution in [0.2, 0.25) is 0 Å². The van der Waals surface area contributed by atoms with Gasteiger partial charge in [-0.15, -0.1) is 5.10 Å². The first-order chi connectivity index (χ1) is 14.5. The Bertz CT molecular complexity index is 933. The summed E-state index contributed by atoms with van der Waals surface area (Å²) in [5, 5.41) is 20.8. The van der Waals surface area contributed by atoms with Crippen molar-refractivity contribution in [3.05, 3.63) is 30.0 Å². The third-order valence-electron chi connectivity index (χ3n) is 7.22. The molecule has 0 bridgehead atoms. The van der Waals surface area contributed by atoms with Gasteiger partial charge in [0, 0.05) is 49.9 Å². The molecule has 0 aliphatic carbocycles. The number of aliphatic hydroxyl groups is 1. The molecule has 0 amide bonds. The van der Waals surface area contributed by atoms with E-state index in [0.29, 0.717) is 0 Å². The second kappa shape index (κ2) is 7.78. The molecule has 1 aromatic heterocycles. The van der Waals surface area contributed by atoms with E-state index in [9.17, 15) is 9.90 Å². The van der Waals surface area contributed by atoms with Crippen molar-refractivity contribution in [3.8, 4) is 0 Å². The third-order valence-corrected chi connectivity index (χ3v) is 7.22. The maximum atomic E-state index is 12.8. The van der Waals surface area contributed by atoms with E-state index in [1.54, 1.807) is 0 Å². The molecule has 1 spiro atoms. The number of hydrogen-bond acceptors (Lipinski definition) is 7. The maximum absolute atomic E-state index is 12.8. The number of aryl methyl sites for hydroxylation is 1. The van der Waals surface area contributed by atoms with Crippen molar-refractivity contribution in [1.82, 2.24) is 15.1 Å². The van der Waals surface area contributed by atoms with Crippen LogP contribution in [0, 0.1) is 12.3 Å². The lowest BCUT2D eigenvalue weighted by Crippen LogP contribution is -2.43. The smallest absolute Gasteiger partial charge is 0.312 e. The standard InChI is InChI=1S/C23H30N4O3/c1-16-19-4-2-3-5-20(19)21(25-24-16)27-12-8-23(9-13-27)14-18(30-22(23)29)15-26-10-6-17(28)7-11-26/h2-5,17-18,28H,6-15H2,1H3. The topological polar surface area (TPSA) is 78.8 Å². The normalized spacial score (nSPS) is 25.2. The molecule has 30 heavy (non-hydrogen) atoms. The van der Waals surface area contributed by atoms with Gasteiger partial charge in [-0.05, 0) is 32.6 Å². The van der Waals surface area contributed by atoms with Crippen molar-refractivity contribution in [3.63, 3.8) is 0 Å². The molecule has 5 rings (SSSR count). The van der Waals surface area contributed by atoms with Crippen LogP contribution in [-0.4, -0.2) is 71.1 Å². The molecule has 7 heteroatoms. The second-order valence-corrected chi connectivity index (χ2v) is 9.19. The van der Waals surface area contributed by atoms with Crippen LogP contribution >= 0.6 is 0 Å². The quantitative estimate of drug-likeness (QED) is 0.778. The summed E-state index contributed by atoms with van der Waals surface area (Å²) in [5.74, 6) is 0.893. The van der Waals surface area contributed by atoms with Gasteiger partial charge in [-0.2, -0.15) is 5.10 Å². The molecule has 3 aliphatic rings. The van der Waals surface area contributed by atoms with E-state index in [2.05, 4.69) is 32.1 Å². The summed E-state index contributed by atoms with van der Waals surface area (Å²) >= 11 is 0. The van der Waals surface area contributed by atoms with Crippen molar-refractivity contribution in [2.24, 2.45) is 5.41 Å². The second-order valence-electron chi connectivity index (χ2n) is 9.19. The van der Waals surface area contributed by atoms with Crippen LogP contribution in [0.1, 0.15) is 37.8 Å². The number of esters is 1. The predicted molar refractivity (Wildman–Crippen MR) is 114 cm³/mol. The van der Waals surface area contributed by atoms with E-state index in [1.807, 2.05) is 19.1 Å². The summed E-state index contributed by atoms with van der Waals surface area (Å²) in [6.07, 6.45) is 3.82. The fourth-order valence-electron chi connectivity index (χ4n) is 5.34. The first kappa shape index (κ1) is 19.7. The fourth-order valence-corrected chi connectivity index (χ4v) is 5.34. The van der Waals surface area contributed by atoms with Crippen LogP contribution in [0.15, 0.2) is 24.3 Å². The number of ether oxygens (including phenoxy) is 1. The summed E-state index contributed by atoms with van der Waals surface area (Å²) in [6.45, 7) is 6.13. The summed E-state index contributed by atoms with van der Waals surface area (Å²) in [5.41, 5.74) is 0.583. The van der Waals surface area contributed by atoms with E-state index in [0.717, 1.165) is 87.1 Å². The van der Waals surface area contributed by atoms with Gasteiger partial charge in [0.1, 0.15) is 6.10 Å². The Morgan fingerprint density at radius 3 is 2.53 bits per heavy atom. The van der Waals surface area contributed by atoms with Gasteiger partial charge >= 0.3 is 5.97 Å². The number of carbonyl (C=O) groups is 1. The zero-order valence-corrected chi connectivity index (χ0v) is 17.6. The SMILES string of the molecule is Cc1nnc(N2CCC3(CC2)CC(CN2CCC(O)CC2)OC3=O)c2ccccc12. The molecule has 1 unspecified atom stereocenters. The fraction of sp³-hybridized carbons (Fsp3) is 0.609. The van der Waals surface area contributed by atoms with Crippen molar-refractivity contribution >= 4 is 22.6 Å². The Kier molecular flexibility index (Phi) is 5.11. The lowest BCUT2D eigenvalue weighted by molar-refractivity contribution is -0.150. The number of aliphatic hydroxyl groups excluding tert-OH is 1. The lowest BCUT2D eigenvalue weighted by atomic mass is 9.76. The molecule has 3 fully saturated rings. The number of carbonyl (C=O) groups excluding carboxylic acids is 1. The number of rotatable bonds is 3. The molecular formula is C23H30N4O3. The van der Waals surface area contributed by atoms with Crippen molar-refractivity contribution in [2.75, 3.05) is 37.6 Å². The number of piperidine rings is 2. The number of aromatic nitrogens is 2. The Hall–Kier alpha value is -2.25. The molecule has 7 nitrogen and oxygen atoms in total. The van der Waals surface area contributed by atoms with Crippen LogP contribution < -0.4 is 4.90 Å². The van der Waals surface area contributed by atoms with Crippen LogP contribution in [0.4, 0.5) is 5.82 Å². The van der Waals surface area contributed by atoms with Crippen molar-refractivity contribution < 1.29 is 14.6 Å². The van der Waals surface area contributed by atoms with Crippen molar-refractivity contribution in [1.29, 1.82) is 0 Å². The first-order valence-electron chi connectivity index (χ1n) is 11.1.